The van der Waals surface area contributed by atoms with Gasteiger partial charge in [0.15, 0.2) is 0 Å². The maximum Gasteiger partial charge on any atom is 0.322 e. The van der Waals surface area contributed by atoms with Crippen molar-refractivity contribution in [2.45, 2.75) is 44.2 Å². The van der Waals surface area contributed by atoms with E-state index in [-0.39, 0.29) is 6.10 Å². The number of carbonyl (C=O) groups is 1. The van der Waals surface area contributed by atoms with Crippen molar-refractivity contribution >= 4 is 16.2 Å². The molecule has 1 atom stereocenters. The first-order valence-electron chi connectivity index (χ1n) is 6.99. The number of nitrogens with zero attached hydrogens (tertiary/aromatic N) is 2. The van der Waals surface area contributed by atoms with E-state index < -0.39 is 22.2 Å². The summed E-state index contributed by atoms with van der Waals surface area (Å²) in [5.41, 5.74) is 0. The number of rotatable bonds is 4. The number of carboxylic acid groups (broad SMARTS) is 1. The Hall–Kier alpha value is -0.700. The summed E-state index contributed by atoms with van der Waals surface area (Å²) in [5.74, 6) is -1.06. The van der Waals surface area contributed by atoms with Crippen molar-refractivity contribution in [2.24, 2.45) is 0 Å². The number of methoxy groups -OCH3 is 1. The highest BCUT2D eigenvalue weighted by molar-refractivity contribution is 7.86. The summed E-state index contributed by atoms with van der Waals surface area (Å²) in [7, 11) is -2.06. The number of piperidine rings is 2. The second kappa shape index (κ2) is 6.38. The number of aliphatic carboxylic acids is 1. The van der Waals surface area contributed by atoms with Gasteiger partial charge < -0.3 is 9.84 Å². The van der Waals surface area contributed by atoms with Crippen molar-refractivity contribution < 1.29 is 23.1 Å². The van der Waals surface area contributed by atoms with Crippen LogP contribution < -0.4 is 0 Å². The Balaban J connectivity index is 2.10. The molecule has 0 aromatic heterocycles. The lowest BCUT2D eigenvalue weighted by molar-refractivity contribution is -0.142. The summed E-state index contributed by atoms with van der Waals surface area (Å²) in [6, 6.07) is -0.922. The van der Waals surface area contributed by atoms with E-state index in [0.717, 1.165) is 17.1 Å². The van der Waals surface area contributed by atoms with Crippen LogP contribution in [0.2, 0.25) is 0 Å². The van der Waals surface area contributed by atoms with Crippen LogP contribution in [-0.2, 0) is 19.7 Å². The molecule has 2 rings (SSSR count). The number of hydrogen-bond acceptors (Lipinski definition) is 4. The standard InChI is InChI=1S/C12H22N2O5S/c1-19-10-5-8-13(9-6-10)20(17,18)14-7-3-2-4-11(14)12(15)16/h10-11H,2-9H2,1H3,(H,15,16). The fourth-order valence-corrected chi connectivity index (χ4v) is 4.72. The molecule has 0 aliphatic carbocycles. The van der Waals surface area contributed by atoms with Crippen LogP contribution in [0, 0.1) is 0 Å². The first kappa shape index (κ1) is 15.7. The number of ether oxygens (including phenoxy) is 1. The third kappa shape index (κ3) is 3.13. The Kier molecular flexibility index (Phi) is 5.00. The molecule has 2 heterocycles. The first-order chi connectivity index (χ1) is 9.46. The van der Waals surface area contributed by atoms with Crippen molar-refractivity contribution in [3.8, 4) is 0 Å². The van der Waals surface area contributed by atoms with E-state index in [2.05, 4.69) is 0 Å². The molecule has 0 saturated carbocycles. The predicted molar refractivity (Wildman–Crippen MR) is 72.5 cm³/mol. The SMILES string of the molecule is COC1CCN(S(=O)(=O)N2CCCCC2C(=O)O)CC1. The molecule has 2 saturated heterocycles. The zero-order valence-electron chi connectivity index (χ0n) is 11.7. The van der Waals surface area contributed by atoms with Crippen LogP contribution in [0.1, 0.15) is 32.1 Å². The number of hydrogen-bond donors (Lipinski definition) is 1. The summed E-state index contributed by atoms with van der Waals surface area (Å²) in [4.78, 5) is 11.2. The zero-order chi connectivity index (χ0) is 14.8. The molecule has 0 aromatic carbocycles. The molecule has 2 aliphatic heterocycles. The molecule has 20 heavy (non-hydrogen) atoms. The van der Waals surface area contributed by atoms with Crippen molar-refractivity contribution in [3.63, 3.8) is 0 Å². The lowest BCUT2D eigenvalue weighted by atomic mass is 10.1. The van der Waals surface area contributed by atoms with Gasteiger partial charge in [0.1, 0.15) is 6.04 Å². The maximum absolute atomic E-state index is 12.6. The molecule has 0 amide bonds. The van der Waals surface area contributed by atoms with Crippen LogP contribution in [0.4, 0.5) is 0 Å². The molecule has 0 bridgehead atoms. The van der Waals surface area contributed by atoms with E-state index in [1.54, 1.807) is 7.11 Å². The molecular formula is C12H22N2O5S. The third-order valence-electron chi connectivity index (χ3n) is 4.10. The monoisotopic (exact) mass is 306 g/mol. The predicted octanol–water partition coefficient (Wildman–Crippen LogP) is 0.281. The van der Waals surface area contributed by atoms with Gasteiger partial charge in [0.05, 0.1) is 6.10 Å². The summed E-state index contributed by atoms with van der Waals surface area (Å²) in [6.45, 7) is 1.08. The Bertz CT molecular complexity index is 445. The summed E-state index contributed by atoms with van der Waals surface area (Å²) < 4.78 is 33.0. The van der Waals surface area contributed by atoms with Crippen molar-refractivity contribution in [1.82, 2.24) is 8.61 Å². The second-order valence-electron chi connectivity index (χ2n) is 5.30. The molecular weight excluding hydrogens is 284 g/mol. The second-order valence-corrected chi connectivity index (χ2v) is 7.18. The highest BCUT2D eigenvalue weighted by Crippen LogP contribution is 2.25. The van der Waals surface area contributed by atoms with E-state index >= 15 is 0 Å². The van der Waals surface area contributed by atoms with E-state index in [1.165, 1.54) is 4.31 Å². The van der Waals surface area contributed by atoms with Gasteiger partial charge in [-0.2, -0.15) is 17.0 Å². The topological polar surface area (TPSA) is 87.2 Å². The van der Waals surface area contributed by atoms with Gasteiger partial charge in [-0.15, -0.1) is 0 Å². The largest absolute Gasteiger partial charge is 0.480 e. The lowest BCUT2D eigenvalue weighted by Gasteiger charge is -2.38. The van der Waals surface area contributed by atoms with Crippen LogP contribution in [0.15, 0.2) is 0 Å². The normalized spacial score (nSPS) is 27.6. The van der Waals surface area contributed by atoms with Gasteiger partial charge in [0.2, 0.25) is 0 Å². The van der Waals surface area contributed by atoms with Crippen LogP contribution in [-0.4, -0.2) is 67.0 Å². The van der Waals surface area contributed by atoms with Gasteiger partial charge in [0, 0.05) is 26.7 Å². The number of carboxylic acids is 1. The average Bonchev–Trinajstić information content (AvgIpc) is 2.47. The summed E-state index contributed by atoms with van der Waals surface area (Å²) in [5, 5.41) is 9.21. The molecule has 8 heteroatoms. The van der Waals surface area contributed by atoms with Crippen molar-refractivity contribution in [1.29, 1.82) is 0 Å². The average molecular weight is 306 g/mol. The first-order valence-corrected chi connectivity index (χ1v) is 8.39. The van der Waals surface area contributed by atoms with Gasteiger partial charge in [-0.3, -0.25) is 4.79 Å². The minimum absolute atomic E-state index is 0.0954. The Morgan fingerprint density at radius 3 is 2.35 bits per heavy atom. The summed E-state index contributed by atoms with van der Waals surface area (Å²) in [6.07, 6.45) is 3.27. The smallest absolute Gasteiger partial charge is 0.322 e. The minimum Gasteiger partial charge on any atom is -0.480 e. The molecule has 0 spiro atoms. The lowest BCUT2D eigenvalue weighted by Crippen LogP contribution is -2.55. The molecule has 1 N–H and O–H groups in total. The minimum atomic E-state index is -3.68. The third-order valence-corrected chi connectivity index (χ3v) is 6.14. The van der Waals surface area contributed by atoms with Gasteiger partial charge in [-0.1, -0.05) is 0 Å². The Labute approximate surface area is 119 Å². The van der Waals surface area contributed by atoms with E-state index in [4.69, 9.17) is 4.74 Å². The molecule has 7 nitrogen and oxygen atoms in total. The van der Waals surface area contributed by atoms with Gasteiger partial charge in [-0.05, 0) is 32.1 Å². The zero-order valence-corrected chi connectivity index (χ0v) is 12.5. The van der Waals surface area contributed by atoms with Crippen LogP contribution >= 0.6 is 0 Å². The maximum atomic E-state index is 12.6. The molecule has 0 radical (unpaired) electrons. The molecule has 2 aliphatic rings. The van der Waals surface area contributed by atoms with E-state index in [0.29, 0.717) is 38.9 Å². The Morgan fingerprint density at radius 1 is 1.15 bits per heavy atom. The van der Waals surface area contributed by atoms with E-state index in [9.17, 15) is 18.3 Å². The van der Waals surface area contributed by atoms with Crippen molar-refractivity contribution in [2.75, 3.05) is 26.7 Å². The fourth-order valence-electron chi connectivity index (χ4n) is 2.87. The van der Waals surface area contributed by atoms with E-state index in [1.807, 2.05) is 0 Å². The molecule has 0 aromatic rings. The molecule has 1 unspecified atom stereocenters. The molecule has 116 valence electrons. The van der Waals surface area contributed by atoms with Gasteiger partial charge >= 0.3 is 5.97 Å². The highest BCUT2D eigenvalue weighted by atomic mass is 32.2. The highest BCUT2D eigenvalue weighted by Gasteiger charge is 2.40. The molecule has 2 fully saturated rings. The fraction of sp³-hybridized carbons (Fsp3) is 0.917. The van der Waals surface area contributed by atoms with Crippen LogP contribution in [0.5, 0.6) is 0 Å². The van der Waals surface area contributed by atoms with Crippen LogP contribution in [0.3, 0.4) is 0 Å². The van der Waals surface area contributed by atoms with Crippen molar-refractivity contribution in [3.05, 3.63) is 0 Å². The van der Waals surface area contributed by atoms with Gasteiger partial charge in [-0.25, -0.2) is 0 Å². The Morgan fingerprint density at radius 2 is 1.80 bits per heavy atom. The summed E-state index contributed by atoms with van der Waals surface area (Å²) >= 11 is 0. The van der Waals surface area contributed by atoms with Crippen LogP contribution in [0.25, 0.3) is 0 Å². The van der Waals surface area contributed by atoms with Gasteiger partial charge in [0.25, 0.3) is 10.2 Å². The quantitative estimate of drug-likeness (QED) is 0.806.